The van der Waals surface area contributed by atoms with E-state index in [1.165, 1.54) is 12.3 Å². The van der Waals surface area contributed by atoms with Gasteiger partial charge in [-0.1, -0.05) is 18.2 Å². The van der Waals surface area contributed by atoms with Gasteiger partial charge in [0.05, 0.1) is 25.2 Å². The monoisotopic (exact) mass is 284 g/mol. The fourth-order valence-corrected chi connectivity index (χ4v) is 1.91. The Morgan fingerprint density at radius 2 is 1.90 bits per heavy atom. The lowest BCUT2D eigenvalue weighted by Gasteiger charge is -2.04. The van der Waals surface area contributed by atoms with Crippen molar-refractivity contribution in [3.8, 4) is 22.9 Å². The van der Waals surface area contributed by atoms with Crippen molar-refractivity contribution >= 4 is 0 Å². The van der Waals surface area contributed by atoms with Gasteiger partial charge in [0, 0.05) is 6.07 Å². The van der Waals surface area contributed by atoms with E-state index in [0.29, 0.717) is 5.75 Å². The second-order valence-corrected chi connectivity index (χ2v) is 4.35. The minimum atomic E-state index is -0.411. The Bertz CT molecular complexity index is 755. The van der Waals surface area contributed by atoms with E-state index in [2.05, 4.69) is 5.10 Å². The van der Waals surface area contributed by atoms with Crippen molar-refractivity contribution in [1.29, 1.82) is 0 Å². The molecule has 0 atom stereocenters. The number of hydrogen-bond acceptors (Lipinski definition) is 3. The standard InChI is InChI=1S/C16H13FN2O2/c1-20-13-6-4-5-12(9-13)19-11-14(10-18-19)21-16-8-3-2-7-15(16)17/h2-11H,1H3. The van der Waals surface area contributed by atoms with Gasteiger partial charge in [0.1, 0.15) is 5.75 Å². The van der Waals surface area contributed by atoms with Crippen molar-refractivity contribution in [1.82, 2.24) is 9.78 Å². The summed E-state index contributed by atoms with van der Waals surface area (Å²) in [5.41, 5.74) is 0.831. The highest BCUT2D eigenvalue weighted by Gasteiger charge is 2.07. The number of aromatic nitrogens is 2. The van der Waals surface area contributed by atoms with Crippen LogP contribution in [0.25, 0.3) is 5.69 Å². The van der Waals surface area contributed by atoms with Gasteiger partial charge < -0.3 is 9.47 Å². The number of benzene rings is 2. The van der Waals surface area contributed by atoms with Crippen LogP contribution in [0.15, 0.2) is 60.9 Å². The van der Waals surface area contributed by atoms with Crippen molar-refractivity contribution in [2.75, 3.05) is 7.11 Å². The lowest BCUT2D eigenvalue weighted by atomic mass is 10.3. The molecule has 0 N–H and O–H groups in total. The predicted octanol–water partition coefficient (Wildman–Crippen LogP) is 3.81. The summed E-state index contributed by atoms with van der Waals surface area (Å²) < 4.78 is 25.8. The van der Waals surface area contributed by atoms with Crippen LogP contribution in [0.2, 0.25) is 0 Å². The summed E-state index contributed by atoms with van der Waals surface area (Å²) in [5.74, 6) is 0.955. The molecule has 1 heterocycles. The van der Waals surface area contributed by atoms with E-state index in [4.69, 9.17) is 9.47 Å². The fraction of sp³-hybridized carbons (Fsp3) is 0.0625. The molecular weight excluding hydrogens is 271 g/mol. The lowest BCUT2D eigenvalue weighted by molar-refractivity contribution is 0.414. The molecular formula is C16H13FN2O2. The first-order valence-electron chi connectivity index (χ1n) is 6.38. The van der Waals surface area contributed by atoms with Gasteiger partial charge in [0.2, 0.25) is 0 Å². The summed E-state index contributed by atoms with van der Waals surface area (Å²) in [7, 11) is 1.61. The molecule has 0 unspecified atom stereocenters. The summed E-state index contributed by atoms with van der Waals surface area (Å²) in [5, 5.41) is 4.20. The molecule has 0 aliphatic carbocycles. The van der Waals surface area contributed by atoms with Gasteiger partial charge in [-0.25, -0.2) is 9.07 Å². The van der Waals surface area contributed by atoms with Crippen LogP contribution in [-0.2, 0) is 0 Å². The van der Waals surface area contributed by atoms with Gasteiger partial charge in [-0.3, -0.25) is 0 Å². The molecule has 4 nitrogen and oxygen atoms in total. The lowest BCUT2D eigenvalue weighted by Crippen LogP contribution is -1.94. The van der Waals surface area contributed by atoms with Crippen molar-refractivity contribution in [3.63, 3.8) is 0 Å². The minimum Gasteiger partial charge on any atom is -0.497 e. The second kappa shape index (κ2) is 5.66. The van der Waals surface area contributed by atoms with Gasteiger partial charge in [0.15, 0.2) is 17.3 Å². The molecule has 0 saturated carbocycles. The Kier molecular flexibility index (Phi) is 3.55. The Balaban J connectivity index is 1.85. The molecule has 3 aromatic rings. The van der Waals surface area contributed by atoms with Gasteiger partial charge in [-0.2, -0.15) is 5.10 Å². The zero-order valence-corrected chi connectivity index (χ0v) is 11.4. The Hall–Kier alpha value is -2.82. The summed E-state index contributed by atoms with van der Waals surface area (Å²) in [6.07, 6.45) is 3.22. The number of hydrogen-bond donors (Lipinski definition) is 0. The van der Waals surface area contributed by atoms with Crippen LogP contribution in [0.5, 0.6) is 17.2 Å². The van der Waals surface area contributed by atoms with Crippen LogP contribution in [0.1, 0.15) is 0 Å². The predicted molar refractivity (Wildman–Crippen MR) is 76.6 cm³/mol. The molecule has 0 amide bonds. The third-order valence-electron chi connectivity index (χ3n) is 2.94. The highest BCUT2D eigenvalue weighted by atomic mass is 19.1. The first-order valence-corrected chi connectivity index (χ1v) is 6.38. The zero-order valence-electron chi connectivity index (χ0n) is 11.4. The molecule has 0 bridgehead atoms. The molecule has 2 aromatic carbocycles. The average molecular weight is 284 g/mol. The smallest absolute Gasteiger partial charge is 0.165 e. The van der Waals surface area contributed by atoms with E-state index in [1.807, 2.05) is 24.3 Å². The van der Waals surface area contributed by atoms with Crippen LogP contribution in [0, 0.1) is 5.82 Å². The zero-order chi connectivity index (χ0) is 14.7. The molecule has 0 aliphatic rings. The Morgan fingerprint density at radius 3 is 2.71 bits per heavy atom. The number of nitrogens with zero attached hydrogens (tertiary/aromatic N) is 2. The first-order chi connectivity index (χ1) is 10.3. The third-order valence-corrected chi connectivity index (χ3v) is 2.94. The topological polar surface area (TPSA) is 36.3 Å². The minimum absolute atomic E-state index is 0.169. The van der Waals surface area contributed by atoms with E-state index in [9.17, 15) is 4.39 Å². The fourth-order valence-electron chi connectivity index (χ4n) is 1.91. The third kappa shape index (κ3) is 2.86. The summed E-state index contributed by atoms with van der Waals surface area (Å²) in [4.78, 5) is 0. The highest BCUT2D eigenvalue weighted by molar-refractivity contribution is 5.40. The summed E-state index contributed by atoms with van der Waals surface area (Å²) >= 11 is 0. The summed E-state index contributed by atoms with van der Waals surface area (Å²) in [6.45, 7) is 0. The molecule has 5 heteroatoms. The van der Waals surface area contributed by atoms with Crippen LogP contribution < -0.4 is 9.47 Å². The van der Waals surface area contributed by atoms with E-state index in [-0.39, 0.29) is 5.75 Å². The van der Waals surface area contributed by atoms with Gasteiger partial charge >= 0.3 is 0 Å². The molecule has 0 radical (unpaired) electrons. The van der Waals surface area contributed by atoms with E-state index < -0.39 is 5.82 Å². The normalized spacial score (nSPS) is 10.4. The molecule has 0 spiro atoms. The molecule has 106 valence electrons. The maximum absolute atomic E-state index is 13.5. The quantitative estimate of drug-likeness (QED) is 0.731. The first kappa shape index (κ1) is 13.2. The number of ether oxygens (including phenoxy) is 2. The van der Waals surface area contributed by atoms with Crippen molar-refractivity contribution < 1.29 is 13.9 Å². The SMILES string of the molecule is COc1cccc(-n2cc(Oc3ccccc3F)cn2)c1. The average Bonchev–Trinajstić information content (AvgIpc) is 2.98. The molecule has 21 heavy (non-hydrogen) atoms. The van der Waals surface area contributed by atoms with Crippen molar-refractivity contribution in [3.05, 3.63) is 66.7 Å². The van der Waals surface area contributed by atoms with Crippen LogP contribution in [0.3, 0.4) is 0 Å². The summed E-state index contributed by atoms with van der Waals surface area (Å²) in [6, 6.07) is 13.7. The highest BCUT2D eigenvalue weighted by Crippen LogP contribution is 2.25. The van der Waals surface area contributed by atoms with Crippen LogP contribution in [0.4, 0.5) is 4.39 Å². The molecule has 0 saturated heterocycles. The van der Waals surface area contributed by atoms with E-state index in [0.717, 1.165) is 11.4 Å². The van der Waals surface area contributed by atoms with E-state index in [1.54, 1.807) is 36.2 Å². The molecule has 0 fully saturated rings. The Labute approximate surface area is 121 Å². The van der Waals surface area contributed by atoms with Crippen LogP contribution >= 0.6 is 0 Å². The molecule has 3 rings (SSSR count). The van der Waals surface area contributed by atoms with Gasteiger partial charge in [0.25, 0.3) is 0 Å². The maximum atomic E-state index is 13.5. The Morgan fingerprint density at radius 1 is 1.05 bits per heavy atom. The number of rotatable bonds is 4. The number of halogens is 1. The molecule has 1 aromatic heterocycles. The number of methoxy groups -OCH3 is 1. The number of para-hydroxylation sites is 1. The van der Waals surface area contributed by atoms with E-state index >= 15 is 0 Å². The maximum Gasteiger partial charge on any atom is 0.165 e. The molecule has 0 aliphatic heterocycles. The van der Waals surface area contributed by atoms with Crippen molar-refractivity contribution in [2.45, 2.75) is 0 Å². The van der Waals surface area contributed by atoms with Gasteiger partial charge in [-0.15, -0.1) is 0 Å². The van der Waals surface area contributed by atoms with Gasteiger partial charge in [-0.05, 0) is 24.3 Å². The van der Waals surface area contributed by atoms with Crippen LogP contribution in [-0.4, -0.2) is 16.9 Å². The van der Waals surface area contributed by atoms with Crippen molar-refractivity contribution in [2.24, 2.45) is 0 Å². The second-order valence-electron chi connectivity index (χ2n) is 4.35. The largest absolute Gasteiger partial charge is 0.497 e.